The van der Waals surface area contributed by atoms with Crippen LogP contribution >= 0.6 is 0 Å². The van der Waals surface area contributed by atoms with E-state index in [9.17, 15) is 4.79 Å². The Balaban J connectivity index is 1.98. The fraction of sp³-hybridized carbons (Fsp3) is 0.941. The van der Waals surface area contributed by atoms with Gasteiger partial charge < -0.3 is 4.74 Å². The highest BCUT2D eigenvalue weighted by Crippen LogP contribution is 2.59. The van der Waals surface area contributed by atoms with Gasteiger partial charge in [0.05, 0.1) is 7.11 Å². The van der Waals surface area contributed by atoms with E-state index in [0.717, 1.165) is 24.2 Å². The van der Waals surface area contributed by atoms with Crippen molar-refractivity contribution in [1.82, 2.24) is 0 Å². The normalized spacial score (nSPS) is 39.7. The van der Waals surface area contributed by atoms with Crippen molar-refractivity contribution in [2.24, 2.45) is 29.1 Å². The Morgan fingerprint density at radius 2 is 2.11 bits per heavy atom. The average Bonchev–Trinajstić information content (AvgIpc) is 2.74. The monoisotopic (exact) mass is 266 g/mol. The van der Waals surface area contributed by atoms with Gasteiger partial charge in [0.2, 0.25) is 0 Å². The predicted octanol–water partition coefficient (Wildman–Crippen LogP) is 4.43. The van der Waals surface area contributed by atoms with E-state index in [-0.39, 0.29) is 5.97 Å². The Hall–Kier alpha value is -0.530. The predicted molar refractivity (Wildman–Crippen MR) is 77.8 cm³/mol. The van der Waals surface area contributed by atoms with Crippen LogP contribution in [0.1, 0.15) is 65.7 Å². The third-order valence-electron chi connectivity index (χ3n) is 6.26. The zero-order valence-electron chi connectivity index (χ0n) is 13.1. The summed E-state index contributed by atoms with van der Waals surface area (Å²) in [5.74, 6) is 3.23. The lowest BCUT2D eigenvalue weighted by atomic mass is 9.59. The minimum Gasteiger partial charge on any atom is -0.469 e. The van der Waals surface area contributed by atoms with Gasteiger partial charge >= 0.3 is 5.97 Å². The Labute approximate surface area is 118 Å². The van der Waals surface area contributed by atoms with Gasteiger partial charge in [0.15, 0.2) is 0 Å². The molecule has 0 spiro atoms. The Kier molecular flexibility index (Phi) is 4.58. The van der Waals surface area contributed by atoms with E-state index in [0.29, 0.717) is 17.8 Å². The van der Waals surface area contributed by atoms with Crippen molar-refractivity contribution in [1.29, 1.82) is 0 Å². The van der Waals surface area contributed by atoms with Crippen molar-refractivity contribution in [3.8, 4) is 0 Å². The molecule has 0 radical (unpaired) electrons. The molecule has 2 rings (SSSR count). The first kappa shape index (κ1) is 14.9. The second-order valence-electron chi connectivity index (χ2n) is 7.26. The fourth-order valence-corrected chi connectivity index (χ4v) is 5.19. The molecule has 0 aliphatic heterocycles. The molecule has 0 unspecified atom stereocenters. The zero-order valence-corrected chi connectivity index (χ0v) is 13.1. The lowest BCUT2D eigenvalue weighted by molar-refractivity contribution is -0.141. The average molecular weight is 266 g/mol. The molecular weight excluding hydrogens is 236 g/mol. The van der Waals surface area contributed by atoms with Crippen molar-refractivity contribution >= 4 is 5.97 Å². The molecule has 5 atom stereocenters. The number of methoxy groups -OCH3 is 1. The van der Waals surface area contributed by atoms with E-state index < -0.39 is 0 Å². The van der Waals surface area contributed by atoms with E-state index in [4.69, 9.17) is 4.74 Å². The number of carbonyl (C=O) groups excluding carboxylic acids is 1. The summed E-state index contributed by atoms with van der Waals surface area (Å²) in [6.07, 6.45) is 8.57. The van der Waals surface area contributed by atoms with Crippen LogP contribution in [0.3, 0.4) is 0 Å². The third-order valence-corrected chi connectivity index (χ3v) is 6.26. The molecule has 0 aromatic heterocycles. The fourth-order valence-electron chi connectivity index (χ4n) is 5.19. The van der Waals surface area contributed by atoms with Gasteiger partial charge in [0.25, 0.3) is 0 Å². The zero-order chi connectivity index (χ0) is 14.0. The molecule has 0 N–H and O–H groups in total. The minimum absolute atomic E-state index is 0.0523. The van der Waals surface area contributed by atoms with Crippen LogP contribution in [-0.2, 0) is 9.53 Å². The van der Waals surface area contributed by atoms with Crippen LogP contribution in [0.25, 0.3) is 0 Å². The van der Waals surface area contributed by atoms with Crippen molar-refractivity contribution in [2.45, 2.75) is 65.7 Å². The van der Waals surface area contributed by atoms with Gasteiger partial charge in [-0.3, -0.25) is 4.79 Å². The molecular formula is C17H30O2. The molecule has 2 fully saturated rings. The maximum atomic E-state index is 11.3. The van der Waals surface area contributed by atoms with Crippen LogP contribution in [0.4, 0.5) is 0 Å². The van der Waals surface area contributed by atoms with Gasteiger partial charge in [0, 0.05) is 6.42 Å². The van der Waals surface area contributed by atoms with E-state index in [1.807, 2.05) is 0 Å². The molecule has 2 heteroatoms. The highest BCUT2D eigenvalue weighted by atomic mass is 16.5. The van der Waals surface area contributed by atoms with Crippen molar-refractivity contribution in [3.63, 3.8) is 0 Å². The number of ether oxygens (including phenoxy) is 1. The van der Waals surface area contributed by atoms with E-state index >= 15 is 0 Å². The minimum atomic E-state index is -0.0523. The van der Waals surface area contributed by atoms with Crippen LogP contribution in [0, 0.1) is 29.1 Å². The molecule has 110 valence electrons. The van der Waals surface area contributed by atoms with Crippen LogP contribution in [0.2, 0.25) is 0 Å². The molecule has 0 heterocycles. The largest absolute Gasteiger partial charge is 0.469 e. The standard InChI is InChI=1S/C17H30O2/c1-12-6-5-11-17(3)14(12)8-9-15(17)13(2)7-10-16(18)19-4/h12-15H,5-11H2,1-4H3/t12-,13+,14-,15+,17-/m0/s1. The van der Waals surface area contributed by atoms with Gasteiger partial charge in [0.1, 0.15) is 0 Å². The summed E-state index contributed by atoms with van der Waals surface area (Å²) < 4.78 is 4.77. The third kappa shape index (κ3) is 2.83. The Morgan fingerprint density at radius 1 is 1.37 bits per heavy atom. The summed E-state index contributed by atoms with van der Waals surface area (Å²) in [5.41, 5.74) is 0.535. The van der Waals surface area contributed by atoms with Crippen LogP contribution in [-0.4, -0.2) is 13.1 Å². The molecule has 2 aliphatic rings. The molecule has 0 amide bonds. The molecule has 2 saturated carbocycles. The van der Waals surface area contributed by atoms with Crippen LogP contribution < -0.4 is 0 Å². The van der Waals surface area contributed by atoms with Crippen LogP contribution in [0.5, 0.6) is 0 Å². The Bertz CT molecular complexity index is 325. The first-order valence-corrected chi connectivity index (χ1v) is 8.06. The van der Waals surface area contributed by atoms with E-state index in [1.165, 1.54) is 39.2 Å². The number of hydrogen-bond acceptors (Lipinski definition) is 2. The summed E-state index contributed by atoms with van der Waals surface area (Å²) >= 11 is 0. The van der Waals surface area contributed by atoms with Gasteiger partial charge in [-0.25, -0.2) is 0 Å². The second-order valence-corrected chi connectivity index (χ2v) is 7.26. The smallest absolute Gasteiger partial charge is 0.305 e. The van der Waals surface area contributed by atoms with Gasteiger partial charge in [-0.05, 0) is 54.8 Å². The molecule has 0 aromatic rings. The maximum absolute atomic E-state index is 11.3. The summed E-state index contributed by atoms with van der Waals surface area (Å²) in [6.45, 7) is 7.32. The number of esters is 1. The quantitative estimate of drug-likeness (QED) is 0.704. The summed E-state index contributed by atoms with van der Waals surface area (Å²) in [6, 6.07) is 0. The van der Waals surface area contributed by atoms with Crippen molar-refractivity contribution < 1.29 is 9.53 Å². The van der Waals surface area contributed by atoms with Crippen LogP contribution in [0.15, 0.2) is 0 Å². The SMILES string of the molecule is COC(=O)CC[C@@H](C)[C@H]1CC[C@H]2[C@@H](C)CCC[C@]12C. The molecule has 0 saturated heterocycles. The van der Waals surface area contributed by atoms with Gasteiger partial charge in [-0.2, -0.15) is 0 Å². The summed E-state index contributed by atoms with van der Waals surface area (Å²) in [4.78, 5) is 11.3. The van der Waals surface area contributed by atoms with Gasteiger partial charge in [-0.15, -0.1) is 0 Å². The molecule has 2 nitrogen and oxygen atoms in total. The second kappa shape index (κ2) is 5.85. The number of fused-ring (bicyclic) bond motifs is 1. The number of carbonyl (C=O) groups is 1. The lowest BCUT2D eigenvalue weighted by Gasteiger charge is -2.46. The molecule has 2 aliphatic carbocycles. The van der Waals surface area contributed by atoms with E-state index in [2.05, 4.69) is 20.8 Å². The highest BCUT2D eigenvalue weighted by molar-refractivity contribution is 5.69. The molecule has 0 aromatic carbocycles. The maximum Gasteiger partial charge on any atom is 0.305 e. The number of rotatable bonds is 4. The molecule has 19 heavy (non-hydrogen) atoms. The first-order valence-electron chi connectivity index (χ1n) is 8.06. The summed E-state index contributed by atoms with van der Waals surface area (Å²) in [7, 11) is 1.49. The van der Waals surface area contributed by atoms with Gasteiger partial charge in [-0.1, -0.05) is 33.6 Å². The topological polar surface area (TPSA) is 26.3 Å². The van der Waals surface area contributed by atoms with E-state index in [1.54, 1.807) is 0 Å². The van der Waals surface area contributed by atoms with Crippen molar-refractivity contribution in [2.75, 3.05) is 7.11 Å². The summed E-state index contributed by atoms with van der Waals surface area (Å²) in [5, 5.41) is 0. The molecule has 0 bridgehead atoms. The van der Waals surface area contributed by atoms with Crippen molar-refractivity contribution in [3.05, 3.63) is 0 Å². The Morgan fingerprint density at radius 3 is 2.79 bits per heavy atom. The first-order chi connectivity index (χ1) is 8.99. The lowest BCUT2D eigenvalue weighted by Crippen LogP contribution is -2.38. The number of hydrogen-bond donors (Lipinski definition) is 0. The highest BCUT2D eigenvalue weighted by Gasteiger charge is 2.51.